The number of amides is 2. The molecule has 7 nitrogen and oxygen atoms in total. The SMILES string of the molecule is O=C(NC[C@H]1CCCO1)C(=O)Nc1c2c(nn1-c1cccc(Cl)c1)CSC2. The number of nitrogens with one attached hydrogen (secondary N) is 2. The van der Waals surface area contributed by atoms with Crippen molar-refractivity contribution in [2.75, 3.05) is 18.5 Å². The Balaban J connectivity index is 1.52. The molecule has 1 aromatic heterocycles. The van der Waals surface area contributed by atoms with Gasteiger partial charge >= 0.3 is 11.8 Å². The molecule has 1 aromatic carbocycles. The summed E-state index contributed by atoms with van der Waals surface area (Å²) in [5, 5.41) is 10.5. The summed E-state index contributed by atoms with van der Waals surface area (Å²) in [6, 6.07) is 7.21. The maximum Gasteiger partial charge on any atom is 0.314 e. The van der Waals surface area contributed by atoms with Gasteiger partial charge in [0.1, 0.15) is 5.82 Å². The summed E-state index contributed by atoms with van der Waals surface area (Å²) in [6.07, 6.45) is 1.86. The lowest BCUT2D eigenvalue weighted by Gasteiger charge is -2.13. The van der Waals surface area contributed by atoms with Gasteiger partial charge in [-0.05, 0) is 31.0 Å². The topological polar surface area (TPSA) is 85.2 Å². The lowest BCUT2D eigenvalue weighted by Crippen LogP contribution is -2.39. The van der Waals surface area contributed by atoms with Crippen LogP contribution in [0.25, 0.3) is 5.69 Å². The number of hydrogen-bond donors (Lipinski definition) is 2. The molecule has 4 rings (SSSR count). The highest BCUT2D eigenvalue weighted by molar-refractivity contribution is 7.98. The Kier molecular flexibility index (Phi) is 5.38. The standard InChI is InChI=1S/C18H19ClN4O3S/c19-11-3-1-4-12(7-11)23-16(14-9-27-10-15(14)22-23)21-18(25)17(24)20-8-13-5-2-6-26-13/h1,3-4,7,13H,2,5-6,8-10H2,(H,20,24)(H,21,25)/t13-/m1/s1. The van der Waals surface area contributed by atoms with Crippen LogP contribution in [-0.4, -0.2) is 40.9 Å². The van der Waals surface area contributed by atoms with Gasteiger partial charge in [-0.1, -0.05) is 17.7 Å². The number of fused-ring (bicyclic) bond motifs is 1. The molecule has 9 heteroatoms. The van der Waals surface area contributed by atoms with Crippen LogP contribution in [0, 0.1) is 0 Å². The fourth-order valence-electron chi connectivity index (χ4n) is 3.19. The molecule has 0 saturated carbocycles. The number of rotatable bonds is 4. The molecule has 2 aliphatic heterocycles. The molecule has 0 radical (unpaired) electrons. The van der Waals surface area contributed by atoms with E-state index in [0.717, 1.165) is 41.3 Å². The highest BCUT2D eigenvalue weighted by atomic mass is 35.5. The molecule has 0 unspecified atom stereocenters. The van der Waals surface area contributed by atoms with Crippen LogP contribution in [0.5, 0.6) is 0 Å². The van der Waals surface area contributed by atoms with Crippen LogP contribution in [0.2, 0.25) is 5.02 Å². The molecule has 27 heavy (non-hydrogen) atoms. The molecule has 2 amide bonds. The molecule has 2 aliphatic rings. The molecule has 0 bridgehead atoms. The van der Waals surface area contributed by atoms with E-state index in [4.69, 9.17) is 16.3 Å². The van der Waals surface area contributed by atoms with Gasteiger partial charge in [0.25, 0.3) is 0 Å². The van der Waals surface area contributed by atoms with Gasteiger partial charge in [0, 0.05) is 35.2 Å². The van der Waals surface area contributed by atoms with Crippen molar-refractivity contribution in [3.8, 4) is 5.69 Å². The summed E-state index contributed by atoms with van der Waals surface area (Å²) in [4.78, 5) is 24.6. The smallest absolute Gasteiger partial charge is 0.314 e. The number of carbonyl (C=O) groups is 2. The Morgan fingerprint density at radius 3 is 3.00 bits per heavy atom. The summed E-state index contributed by atoms with van der Waals surface area (Å²) in [7, 11) is 0. The zero-order valence-electron chi connectivity index (χ0n) is 14.5. The van der Waals surface area contributed by atoms with E-state index < -0.39 is 11.8 Å². The van der Waals surface area contributed by atoms with E-state index in [2.05, 4.69) is 15.7 Å². The number of nitrogens with zero attached hydrogens (tertiary/aromatic N) is 2. The first-order chi connectivity index (χ1) is 13.1. The number of thioether (sulfide) groups is 1. The molecule has 1 atom stereocenters. The second-order valence-corrected chi connectivity index (χ2v) is 7.88. The van der Waals surface area contributed by atoms with Crippen LogP contribution >= 0.6 is 23.4 Å². The van der Waals surface area contributed by atoms with Crippen molar-refractivity contribution in [1.29, 1.82) is 0 Å². The third-order valence-electron chi connectivity index (χ3n) is 4.56. The first-order valence-electron chi connectivity index (χ1n) is 8.77. The summed E-state index contributed by atoms with van der Waals surface area (Å²) >= 11 is 7.82. The van der Waals surface area contributed by atoms with Gasteiger partial charge in [-0.2, -0.15) is 16.9 Å². The van der Waals surface area contributed by atoms with E-state index in [1.807, 2.05) is 12.1 Å². The maximum absolute atomic E-state index is 12.4. The first-order valence-corrected chi connectivity index (χ1v) is 10.3. The minimum Gasteiger partial charge on any atom is -0.376 e. The first kappa shape index (κ1) is 18.3. The third kappa shape index (κ3) is 3.97. The number of hydrogen-bond acceptors (Lipinski definition) is 5. The van der Waals surface area contributed by atoms with Gasteiger partial charge in [-0.25, -0.2) is 4.68 Å². The normalized spacial score (nSPS) is 18.3. The fraction of sp³-hybridized carbons (Fsp3) is 0.389. The van der Waals surface area contributed by atoms with Crippen LogP contribution in [0.4, 0.5) is 5.82 Å². The molecular weight excluding hydrogens is 388 g/mol. The van der Waals surface area contributed by atoms with Crippen molar-refractivity contribution in [3.05, 3.63) is 40.5 Å². The van der Waals surface area contributed by atoms with Crippen molar-refractivity contribution >= 4 is 41.0 Å². The predicted octanol–water partition coefficient (Wildman–Crippen LogP) is 2.51. The zero-order chi connectivity index (χ0) is 18.8. The summed E-state index contributed by atoms with van der Waals surface area (Å²) in [6.45, 7) is 1.04. The van der Waals surface area contributed by atoms with Crippen molar-refractivity contribution in [3.63, 3.8) is 0 Å². The van der Waals surface area contributed by atoms with E-state index in [0.29, 0.717) is 24.0 Å². The molecule has 1 fully saturated rings. The van der Waals surface area contributed by atoms with Gasteiger partial charge < -0.3 is 15.4 Å². The van der Waals surface area contributed by atoms with Crippen LogP contribution in [0.1, 0.15) is 24.1 Å². The molecule has 3 heterocycles. The Bertz CT molecular complexity index is 879. The summed E-state index contributed by atoms with van der Waals surface area (Å²) < 4.78 is 7.10. The molecule has 2 N–H and O–H groups in total. The van der Waals surface area contributed by atoms with Gasteiger partial charge in [0.05, 0.1) is 17.5 Å². The highest BCUT2D eigenvalue weighted by Crippen LogP contribution is 2.36. The second-order valence-electron chi connectivity index (χ2n) is 6.46. The van der Waals surface area contributed by atoms with Crippen molar-refractivity contribution in [2.45, 2.75) is 30.5 Å². The zero-order valence-corrected chi connectivity index (χ0v) is 16.1. The average Bonchev–Trinajstić information content (AvgIpc) is 3.38. The molecule has 0 aliphatic carbocycles. The number of ether oxygens (including phenoxy) is 1. The Hall–Kier alpha value is -2.03. The summed E-state index contributed by atoms with van der Waals surface area (Å²) in [5.41, 5.74) is 2.59. The van der Waals surface area contributed by atoms with Gasteiger partial charge in [0.2, 0.25) is 0 Å². The van der Waals surface area contributed by atoms with E-state index in [1.54, 1.807) is 28.6 Å². The van der Waals surface area contributed by atoms with Crippen LogP contribution < -0.4 is 10.6 Å². The monoisotopic (exact) mass is 406 g/mol. The van der Waals surface area contributed by atoms with E-state index in [-0.39, 0.29) is 6.10 Å². The number of aromatic nitrogens is 2. The minimum absolute atomic E-state index is 0.0145. The lowest BCUT2D eigenvalue weighted by atomic mass is 10.2. The molecule has 2 aromatic rings. The lowest BCUT2D eigenvalue weighted by molar-refractivity contribution is -0.136. The van der Waals surface area contributed by atoms with Gasteiger partial charge in [-0.15, -0.1) is 0 Å². The van der Waals surface area contributed by atoms with Crippen LogP contribution in [0.3, 0.4) is 0 Å². The Labute approximate surface area is 165 Å². The highest BCUT2D eigenvalue weighted by Gasteiger charge is 2.27. The largest absolute Gasteiger partial charge is 0.376 e. The Morgan fingerprint density at radius 1 is 1.33 bits per heavy atom. The molecule has 1 saturated heterocycles. The van der Waals surface area contributed by atoms with Crippen molar-refractivity contribution in [2.24, 2.45) is 0 Å². The van der Waals surface area contributed by atoms with Gasteiger partial charge in [0.15, 0.2) is 0 Å². The third-order valence-corrected chi connectivity index (χ3v) is 5.76. The van der Waals surface area contributed by atoms with Crippen molar-refractivity contribution < 1.29 is 14.3 Å². The number of benzene rings is 1. The average molecular weight is 407 g/mol. The van der Waals surface area contributed by atoms with Crippen LogP contribution in [0.15, 0.2) is 24.3 Å². The number of anilines is 1. The molecular formula is C18H19ClN4O3S. The molecule has 0 spiro atoms. The van der Waals surface area contributed by atoms with E-state index in [1.165, 1.54) is 0 Å². The minimum atomic E-state index is -0.712. The summed E-state index contributed by atoms with van der Waals surface area (Å²) in [5.74, 6) is 0.647. The van der Waals surface area contributed by atoms with Gasteiger partial charge in [-0.3, -0.25) is 9.59 Å². The van der Waals surface area contributed by atoms with E-state index in [9.17, 15) is 9.59 Å². The number of carbonyl (C=O) groups excluding carboxylic acids is 2. The Morgan fingerprint density at radius 2 is 2.22 bits per heavy atom. The maximum atomic E-state index is 12.4. The second kappa shape index (κ2) is 7.92. The molecule has 142 valence electrons. The van der Waals surface area contributed by atoms with Crippen LogP contribution in [-0.2, 0) is 25.8 Å². The van der Waals surface area contributed by atoms with Crippen molar-refractivity contribution in [1.82, 2.24) is 15.1 Å². The predicted molar refractivity (Wildman–Crippen MR) is 104 cm³/mol. The quantitative estimate of drug-likeness (QED) is 0.762. The number of halogens is 1. The fourth-order valence-corrected chi connectivity index (χ4v) is 4.41. The van der Waals surface area contributed by atoms with E-state index >= 15 is 0 Å².